The molecule has 12 aromatic carbocycles. The molecule has 18 rings (SSSR count). The summed E-state index contributed by atoms with van der Waals surface area (Å²) in [6, 6.07) is 101. The molecule has 0 amide bonds. The van der Waals surface area contributed by atoms with Crippen LogP contribution in [0, 0.1) is 11.8 Å². The zero-order valence-corrected chi connectivity index (χ0v) is 52.6. The maximum atomic E-state index is 6.30. The van der Waals surface area contributed by atoms with Gasteiger partial charge in [-0.1, -0.05) is 185 Å². The molecule has 0 atom stereocenters. The molecule has 18 aromatic rings. The Balaban J connectivity index is 0.939. The van der Waals surface area contributed by atoms with Crippen LogP contribution in [-0.4, -0.2) is 23.3 Å². The second-order valence-corrected chi connectivity index (χ2v) is 26.3. The van der Waals surface area contributed by atoms with Gasteiger partial charge in [0.25, 0.3) is 0 Å². The van der Waals surface area contributed by atoms with E-state index in [1.165, 1.54) is 76.5 Å². The molecule has 0 fully saturated rings. The van der Waals surface area contributed by atoms with Gasteiger partial charge in [-0.15, -0.1) is 0 Å². The van der Waals surface area contributed by atoms with Gasteiger partial charge in [-0.05, 0) is 186 Å². The molecule has 0 aliphatic heterocycles. The van der Waals surface area contributed by atoms with Crippen molar-refractivity contribution in [1.82, 2.24) is 23.3 Å². The van der Waals surface area contributed by atoms with E-state index in [2.05, 4.69) is 307 Å². The minimum Gasteiger partial charge on any atom is -0.456 e. The van der Waals surface area contributed by atoms with Crippen molar-refractivity contribution in [2.24, 2.45) is 11.8 Å². The van der Waals surface area contributed by atoms with Crippen LogP contribution >= 0.6 is 0 Å². The fraction of sp³-hybridized carbons (Fsp3) is 0.115. The summed E-state index contributed by atoms with van der Waals surface area (Å²) in [7, 11) is 0. The molecular formula is C87H67N5O. The minimum atomic E-state index is 0.565. The van der Waals surface area contributed by atoms with Crippen molar-refractivity contribution in [1.29, 1.82) is 0 Å². The monoisotopic (exact) mass is 1200 g/mol. The van der Waals surface area contributed by atoms with E-state index in [4.69, 9.17) is 9.40 Å². The average Bonchev–Trinajstić information content (AvgIpc) is 1.56. The first-order chi connectivity index (χ1) is 45.8. The molecular weight excluding hydrogens is 1130 g/mol. The van der Waals surface area contributed by atoms with E-state index >= 15 is 0 Å². The predicted octanol–water partition coefficient (Wildman–Crippen LogP) is 23.5. The van der Waals surface area contributed by atoms with Gasteiger partial charge < -0.3 is 18.1 Å². The highest BCUT2D eigenvalue weighted by Crippen LogP contribution is 2.47. The van der Waals surface area contributed by atoms with Crippen LogP contribution in [0.15, 0.2) is 277 Å². The van der Waals surface area contributed by atoms with E-state index in [9.17, 15) is 0 Å². The molecule has 6 nitrogen and oxygen atoms in total. The molecule has 0 saturated carbocycles. The molecule has 6 aromatic heterocycles. The van der Waals surface area contributed by atoms with Crippen molar-refractivity contribution in [3.05, 3.63) is 284 Å². The van der Waals surface area contributed by atoms with Crippen molar-refractivity contribution >= 4 is 109 Å². The third-order valence-electron chi connectivity index (χ3n) is 19.7. The Morgan fingerprint density at radius 3 is 1.28 bits per heavy atom. The number of furan rings is 1. The highest BCUT2D eigenvalue weighted by atomic mass is 16.3. The molecule has 0 bridgehead atoms. The molecule has 0 aliphatic rings. The van der Waals surface area contributed by atoms with Gasteiger partial charge in [0.05, 0.1) is 66.9 Å². The summed E-state index contributed by atoms with van der Waals surface area (Å²) in [4.78, 5) is 5.61. The number of pyridine rings is 1. The summed E-state index contributed by atoms with van der Waals surface area (Å²) < 4.78 is 16.3. The van der Waals surface area contributed by atoms with Crippen molar-refractivity contribution in [3.8, 4) is 56.4 Å². The van der Waals surface area contributed by atoms with Gasteiger partial charge in [0.2, 0.25) is 0 Å². The van der Waals surface area contributed by atoms with E-state index in [0.717, 1.165) is 126 Å². The SMILES string of the molecule is CC(C)CCc1ccc2c(c1)c1c3c4cc(CCC(C)C)ccc4n(-c4cccc(-c5ccc6oc7ccccc7c6c5)n4)c3ccc1n2-c1cc(-n2c3ccccc3c3c(-c4ccccc4)cccc32)cc(-n2c3ccccc3c3c(-c4ccccc4)cccc32)c1. The quantitative estimate of drug-likeness (QED) is 0.115. The number of benzene rings is 12. The smallest absolute Gasteiger partial charge is 0.138 e. The summed E-state index contributed by atoms with van der Waals surface area (Å²) in [5.41, 5.74) is 23.6. The average molecular weight is 1200 g/mol. The molecule has 0 saturated heterocycles. The first-order valence-corrected chi connectivity index (χ1v) is 33.0. The van der Waals surface area contributed by atoms with E-state index < -0.39 is 0 Å². The topological polar surface area (TPSA) is 45.8 Å². The summed E-state index contributed by atoms with van der Waals surface area (Å²) in [6.07, 6.45) is 4.20. The van der Waals surface area contributed by atoms with Crippen molar-refractivity contribution < 1.29 is 4.42 Å². The van der Waals surface area contributed by atoms with Gasteiger partial charge >= 0.3 is 0 Å². The third-order valence-corrected chi connectivity index (χ3v) is 19.7. The Morgan fingerprint density at radius 2 is 0.731 bits per heavy atom. The van der Waals surface area contributed by atoms with E-state index in [-0.39, 0.29) is 0 Å². The number of rotatable bonds is 13. The lowest BCUT2D eigenvalue weighted by atomic mass is 9.98. The van der Waals surface area contributed by atoms with Gasteiger partial charge in [0.1, 0.15) is 17.0 Å². The van der Waals surface area contributed by atoms with Crippen LogP contribution in [0.3, 0.4) is 0 Å². The van der Waals surface area contributed by atoms with Crippen LogP contribution in [0.2, 0.25) is 0 Å². The van der Waals surface area contributed by atoms with Gasteiger partial charge in [-0.25, -0.2) is 4.98 Å². The molecule has 0 aliphatic carbocycles. The normalized spacial score (nSPS) is 12.2. The van der Waals surface area contributed by atoms with E-state index in [1.807, 2.05) is 12.1 Å². The number of fused-ring (bicyclic) bond motifs is 16. The maximum absolute atomic E-state index is 6.30. The van der Waals surface area contributed by atoms with Gasteiger partial charge in [-0.2, -0.15) is 0 Å². The Hall–Kier alpha value is -11.2. The predicted molar refractivity (Wildman–Crippen MR) is 391 cm³/mol. The lowest BCUT2D eigenvalue weighted by Gasteiger charge is -2.18. The third kappa shape index (κ3) is 8.87. The highest BCUT2D eigenvalue weighted by Gasteiger charge is 2.26. The standard InChI is InChI=1S/C87H67N5O/c1-54(2)36-38-56-40-43-75-70(48-56)86-79(45-46-80-87(86)71-49-57(39-37-55(3)4)41-44-76(71)92(80)83-35-19-29-72(88-83)60-42-47-82-69(50-60)66-24-13-16-34-81(66)93-82)91(75)63-52-61(89-73-30-14-11-25-67(73)84-64(27-17-32-77(84)89)58-20-7-5-8-21-58)51-62(53-63)90-74-31-15-12-26-68(74)85-65(28-18-33-78(85)90)59-22-9-6-10-23-59/h5-35,40-55H,36-39H2,1-4H3. The summed E-state index contributed by atoms with van der Waals surface area (Å²) >= 11 is 0. The number of para-hydroxylation sites is 3. The van der Waals surface area contributed by atoms with Crippen LogP contribution in [0.4, 0.5) is 0 Å². The molecule has 0 N–H and O–H groups in total. The van der Waals surface area contributed by atoms with Crippen molar-refractivity contribution in [2.75, 3.05) is 0 Å². The maximum Gasteiger partial charge on any atom is 0.138 e. The number of aromatic nitrogens is 5. The largest absolute Gasteiger partial charge is 0.456 e. The highest BCUT2D eigenvalue weighted by molar-refractivity contribution is 6.29. The molecule has 0 unspecified atom stereocenters. The first kappa shape index (κ1) is 54.7. The number of aryl methyl sites for hydroxylation is 2. The number of hydrogen-bond donors (Lipinski definition) is 0. The Kier molecular flexibility index (Phi) is 12.8. The van der Waals surface area contributed by atoms with Crippen LogP contribution < -0.4 is 0 Å². The second kappa shape index (κ2) is 21.7. The fourth-order valence-electron chi connectivity index (χ4n) is 15.3. The number of nitrogens with zero attached hydrogens (tertiary/aromatic N) is 5. The van der Waals surface area contributed by atoms with Gasteiger partial charge in [0.15, 0.2) is 0 Å². The lowest BCUT2D eigenvalue weighted by molar-refractivity contribution is 0.587. The second-order valence-electron chi connectivity index (χ2n) is 26.3. The molecule has 6 heteroatoms. The lowest BCUT2D eigenvalue weighted by Crippen LogP contribution is -2.03. The van der Waals surface area contributed by atoms with Crippen molar-refractivity contribution in [3.63, 3.8) is 0 Å². The summed E-state index contributed by atoms with van der Waals surface area (Å²) in [5, 5.41) is 12.1. The molecule has 0 radical (unpaired) electrons. The first-order valence-electron chi connectivity index (χ1n) is 33.0. The zero-order chi connectivity index (χ0) is 62.0. The minimum absolute atomic E-state index is 0.565. The fourth-order valence-corrected chi connectivity index (χ4v) is 15.3. The van der Waals surface area contributed by atoms with Crippen LogP contribution in [0.25, 0.3) is 166 Å². The Labute approximate surface area is 539 Å². The number of hydrogen-bond acceptors (Lipinski definition) is 2. The van der Waals surface area contributed by atoms with Crippen molar-refractivity contribution in [2.45, 2.75) is 53.4 Å². The summed E-state index contributed by atoms with van der Waals surface area (Å²) in [6.45, 7) is 9.34. The van der Waals surface area contributed by atoms with Crippen LogP contribution in [-0.2, 0) is 12.8 Å². The molecule has 93 heavy (non-hydrogen) atoms. The van der Waals surface area contributed by atoms with Gasteiger partial charge in [-0.3, -0.25) is 4.57 Å². The van der Waals surface area contributed by atoms with E-state index in [0.29, 0.717) is 11.8 Å². The van der Waals surface area contributed by atoms with Gasteiger partial charge in [0, 0.05) is 59.4 Å². The Bertz CT molecular complexity index is 5830. The summed E-state index contributed by atoms with van der Waals surface area (Å²) in [5.74, 6) is 2.01. The van der Waals surface area contributed by atoms with E-state index in [1.54, 1.807) is 0 Å². The van der Waals surface area contributed by atoms with Crippen LogP contribution in [0.1, 0.15) is 51.7 Å². The molecule has 6 heterocycles. The molecule has 446 valence electrons. The zero-order valence-electron chi connectivity index (χ0n) is 52.6. The molecule has 0 spiro atoms. The Morgan fingerprint density at radius 1 is 0.301 bits per heavy atom. The van der Waals surface area contributed by atoms with Crippen LogP contribution in [0.5, 0.6) is 0 Å².